The Balaban J connectivity index is 1.46. The summed E-state index contributed by atoms with van der Waals surface area (Å²) in [4.78, 5) is 14.4. The van der Waals surface area contributed by atoms with Crippen LogP contribution in [0.4, 0.5) is 0 Å². The molecule has 1 aromatic carbocycles. The molecule has 1 aromatic rings. The topological polar surface area (TPSA) is 57.2 Å². The molecule has 29 heavy (non-hydrogen) atoms. The largest absolute Gasteiger partial charge is 0.487 e. The molecule has 1 amide bonds. The van der Waals surface area contributed by atoms with Crippen molar-refractivity contribution in [2.24, 2.45) is 0 Å². The minimum absolute atomic E-state index is 0.132. The first-order chi connectivity index (χ1) is 14.3. The standard InChI is InChI=1S/C23H29NO5/c25-23(11-5-8-20-6-1-2-7-20)24-12-14-26-16-18-28-21-9-3-4-10-22(21)29-19-17-27-15-13-24/h1-4,6,9-10H,5,8,11-19H2. The summed E-state index contributed by atoms with van der Waals surface area (Å²) in [6.07, 6.45) is 8.12. The van der Waals surface area contributed by atoms with Crippen molar-refractivity contribution in [2.75, 3.05) is 52.7 Å². The maximum absolute atomic E-state index is 12.6. The average Bonchev–Trinajstić information content (AvgIpc) is 3.24. The Labute approximate surface area is 172 Å². The fraction of sp³-hybridized carbons (Fsp3) is 0.478. The number of rotatable bonds is 4. The van der Waals surface area contributed by atoms with Gasteiger partial charge in [-0.3, -0.25) is 4.79 Å². The van der Waals surface area contributed by atoms with Crippen molar-refractivity contribution in [1.82, 2.24) is 4.90 Å². The molecule has 2 aliphatic rings. The normalized spacial score (nSPS) is 18.1. The van der Waals surface area contributed by atoms with Crippen LogP contribution in [0.5, 0.6) is 11.5 Å². The number of fused-ring (bicyclic) bond motifs is 1. The summed E-state index contributed by atoms with van der Waals surface area (Å²) in [6, 6.07) is 7.57. The number of carbonyl (C=O) groups excluding carboxylic acids is 1. The molecule has 6 heteroatoms. The lowest BCUT2D eigenvalue weighted by molar-refractivity contribution is -0.133. The Bertz CT molecular complexity index is 716. The molecule has 1 aliphatic carbocycles. The first-order valence-electron chi connectivity index (χ1n) is 10.2. The van der Waals surface area contributed by atoms with E-state index in [1.165, 1.54) is 0 Å². The summed E-state index contributed by atoms with van der Waals surface area (Å²) < 4.78 is 22.8. The lowest BCUT2D eigenvalue weighted by atomic mass is 10.1. The van der Waals surface area contributed by atoms with Gasteiger partial charge in [0.1, 0.15) is 13.2 Å². The summed E-state index contributed by atoms with van der Waals surface area (Å²) in [5.41, 5.74) is 4.33. The summed E-state index contributed by atoms with van der Waals surface area (Å²) in [5.74, 6) is 1.53. The maximum atomic E-state index is 12.6. The summed E-state index contributed by atoms with van der Waals surface area (Å²) in [7, 11) is 0. The number of nitrogens with zero attached hydrogens (tertiary/aromatic N) is 1. The molecule has 0 saturated carbocycles. The van der Waals surface area contributed by atoms with E-state index in [1.54, 1.807) is 0 Å². The molecular formula is C23H29NO5. The van der Waals surface area contributed by atoms with Crippen molar-refractivity contribution < 1.29 is 23.7 Å². The highest BCUT2D eigenvalue weighted by Crippen LogP contribution is 2.26. The van der Waals surface area contributed by atoms with E-state index in [2.05, 4.69) is 5.73 Å². The van der Waals surface area contributed by atoms with Gasteiger partial charge < -0.3 is 23.8 Å². The number of amides is 1. The van der Waals surface area contributed by atoms with Crippen molar-refractivity contribution in [3.05, 3.63) is 53.8 Å². The van der Waals surface area contributed by atoms with Crippen LogP contribution in [0, 0.1) is 0 Å². The zero-order chi connectivity index (χ0) is 20.2. The van der Waals surface area contributed by atoms with Gasteiger partial charge in [-0.25, -0.2) is 0 Å². The van der Waals surface area contributed by atoms with Gasteiger partial charge in [0, 0.05) is 19.5 Å². The Morgan fingerprint density at radius 1 is 0.931 bits per heavy atom. The van der Waals surface area contributed by atoms with Gasteiger partial charge in [-0.1, -0.05) is 24.3 Å². The van der Waals surface area contributed by atoms with E-state index in [-0.39, 0.29) is 5.91 Å². The van der Waals surface area contributed by atoms with Crippen molar-refractivity contribution in [3.63, 3.8) is 0 Å². The lowest BCUT2D eigenvalue weighted by Crippen LogP contribution is -2.37. The van der Waals surface area contributed by atoms with Gasteiger partial charge in [0.15, 0.2) is 11.5 Å². The van der Waals surface area contributed by atoms with Crippen LogP contribution in [0.2, 0.25) is 0 Å². The number of hydrogen-bond donors (Lipinski definition) is 0. The SMILES string of the molecule is O=C(CCCC1=C=CC=C1)N1CCOCCOc2ccccc2OCCOCC1. The van der Waals surface area contributed by atoms with E-state index in [0.29, 0.717) is 70.7 Å². The molecule has 0 N–H and O–H groups in total. The number of para-hydroxylation sites is 2. The third-order valence-electron chi connectivity index (χ3n) is 4.68. The number of ether oxygens (including phenoxy) is 4. The Kier molecular flexibility index (Phi) is 8.86. The molecule has 0 unspecified atom stereocenters. The van der Waals surface area contributed by atoms with Crippen LogP contribution in [0.25, 0.3) is 0 Å². The van der Waals surface area contributed by atoms with E-state index in [4.69, 9.17) is 18.9 Å². The molecule has 0 radical (unpaired) electrons. The lowest BCUT2D eigenvalue weighted by Gasteiger charge is -2.22. The zero-order valence-corrected chi connectivity index (χ0v) is 16.8. The fourth-order valence-electron chi connectivity index (χ4n) is 3.14. The second-order valence-electron chi connectivity index (χ2n) is 6.80. The fourth-order valence-corrected chi connectivity index (χ4v) is 3.14. The highest BCUT2D eigenvalue weighted by atomic mass is 16.6. The molecule has 6 nitrogen and oxygen atoms in total. The second-order valence-corrected chi connectivity index (χ2v) is 6.80. The number of carbonyl (C=O) groups is 1. The molecule has 156 valence electrons. The molecular weight excluding hydrogens is 370 g/mol. The van der Waals surface area contributed by atoms with Crippen LogP contribution in [0.1, 0.15) is 19.3 Å². The summed E-state index contributed by atoms with van der Waals surface area (Å²) in [6.45, 7) is 3.84. The monoisotopic (exact) mass is 399 g/mol. The zero-order valence-electron chi connectivity index (χ0n) is 16.8. The van der Waals surface area contributed by atoms with Gasteiger partial charge in [-0.2, -0.15) is 0 Å². The van der Waals surface area contributed by atoms with Crippen molar-refractivity contribution >= 4 is 5.91 Å². The van der Waals surface area contributed by atoms with E-state index in [0.717, 1.165) is 18.4 Å². The van der Waals surface area contributed by atoms with Crippen LogP contribution < -0.4 is 9.47 Å². The van der Waals surface area contributed by atoms with Crippen LogP contribution >= 0.6 is 0 Å². The van der Waals surface area contributed by atoms with Crippen LogP contribution in [-0.4, -0.2) is 63.5 Å². The quantitative estimate of drug-likeness (QED) is 0.728. The molecule has 0 bridgehead atoms. The summed E-state index contributed by atoms with van der Waals surface area (Å²) >= 11 is 0. The van der Waals surface area contributed by atoms with Gasteiger partial charge in [0.25, 0.3) is 0 Å². The molecule has 0 aromatic heterocycles. The predicted molar refractivity (Wildman–Crippen MR) is 110 cm³/mol. The highest BCUT2D eigenvalue weighted by molar-refractivity contribution is 5.76. The number of hydrogen-bond acceptors (Lipinski definition) is 5. The molecule has 0 atom stereocenters. The predicted octanol–water partition coefficient (Wildman–Crippen LogP) is 3.14. The van der Waals surface area contributed by atoms with Crippen molar-refractivity contribution in [2.45, 2.75) is 19.3 Å². The van der Waals surface area contributed by atoms with Crippen LogP contribution in [-0.2, 0) is 14.3 Å². The highest BCUT2D eigenvalue weighted by Gasteiger charge is 2.14. The van der Waals surface area contributed by atoms with Gasteiger partial charge in [-0.15, -0.1) is 5.73 Å². The number of allylic oxidation sites excluding steroid dienone is 3. The molecule has 0 spiro atoms. The maximum Gasteiger partial charge on any atom is 0.222 e. The first-order valence-corrected chi connectivity index (χ1v) is 10.2. The van der Waals surface area contributed by atoms with Crippen LogP contribution in [0.3, 0.4) is 0 Å². The smallest absolute Gasteiger partial charge is 0.222 e. The first kappa shape index (κ1) is 21.2. The van der Waals surface area contributed by atoms with Crippen LogP contribution in [0.15, 0.2) is 53.8 Å². The third kappa shape index (κ3) is 7.42. The summed E-state index contributed by atoms with van der Waals surface area (Å²) in [5, 5.41) is 0. The molecule has 3 rings (SSSR count). The van der Waals surface area contributed by atoms with Crippen molar-refractivity contribution in [1.29, 1.82) is 0 Å². The van der Waals surface area contributed by atoms with Crippen molar-refractivity contribution in [3.8, 4) is 11.5 Å². The van der Waals surface area contributed by atoms with E-state index < -0.39 is 0 Å². The Morgan fingerprint density at radius 3 is 2.17 bits per heavy atom. The van der Waals surface area contributed by atoms with E-state index in [1.807, 2.05) is 47.4 Å². The third-order valence-corrected chi connectivity index (χ3v) is 4.68. The molecule has 0 fully saturated rings. The van der Waals surface area contributed by atoms with E-state index in [9.17, 15) is 4.79 Å². The van der Waals surface area contributed by atoms with Gasteiger partial charge >= 0.3 is 0 Å². The molecule has 1 aliphatic heterocycles. The number of benzene rings is 1. The minimum atomic E-state index is 0.132. The van der Waals surface area contributed by atoms with E-state index >= 15 is 0 Å². The second kappa shape index (κ2) is 12.1. The minimum Gasteiger partial charge on any atom is -0.487 e. The van der Waals surface area contributed by atoms with Gasteiger partial charge in [0.05, 0.1) is 26.4 Å². The Morgan fingerprint density at radius 2 is 1.59 bits per heavy atom. The van der Waals surface area contributed by atoms with Gasteiger partial charge in [0.2, 0.25) is 5.91 Å². The van der Waals surface area contributed by atoms with Gasteiger partial charge in [-0.05, 0) is 36.6 Å². The Hall–Kier alpha value is -2.53. The average molecular weight is 399 g/mol. The molecule has 1 heterocycles. The molecule has 0 saturated heterocycles.